The predicted molar refractivity (Wildman–Crippen MR) is 70.7 cm³/mol. The molecular weight excluding hydrogens is 275 g/mol. The van der Waals surface area contributed by atoms with E-state index in [-0.39, 0.29) is 0 Å². The van der Waals surface area contributed by atoms with Crippen LogP contribution >= 0.6 is 11.3 Å². The molecule has 0 amide bonds. The fourth-order valence-corrected chi connectivity index (χ4v) is 3.31. The van der Waals surface area contributed by atoms with Crippen LogP contribution < -0.4 is 4.90 Å². The van der Waals surface area contributed by atoms with E-state index in [4.69, 9.17) is 0 Å². The molecule has 0 N–H and O–H groups in total. The summed E-state index contributed by atoms with van der Waals surface area (Å²) in [6.45, 7) is 7.72. The maximum atomic E-state index is 12.5. The second-order valence-corrected chi connectivity index (χ2v) is 5.62. The largest absolute Gasteiger partial charge is 0.427 e. The van der Waals surface area contributed by atoms with Crippen molar-refractivity contribution in [3.8, 4) is 0 Å². The van der Waals surface area contributed by atoms with Gasteiger partial charge in [-0.05, 0) is 19.5 Å². The third-order valence-electron chi connectivity index (χ3n) is 3.54. The highest BCUT2D eigenvalue weighted by Crippen LogP contribution is 2.37. The van der Waals surface area contributed by atoms with Crippen LogP contribution in [0.15, 0.2) is 6.20 Å². The first kappa shape index (κ1) is 14.6. The second-order valence-electron chi connectivity index (χ2n) is 4.61. The lowest BCUT2D eigenvalue weighted by atomic mass is 10.2. The van der Waals surface area contributed by atoms with Gasteiger partial charge in [0, 0.05) is 19.1 Å². The van der Waals surface area contributed by atoms with E-state index in [9.17, 15) is 13.2 Å². The van der Waals surface area contributed by atoms with Crippen LogP contribution in [0.2, 0.25) is 0 Å². The molecule has 1 aliphatic heterocycles. The summed E-state index contributed by atoms with van der Waals surface area (Å²) in [5.74, 6) is 0. The highest BCUT2D eigenvalue weighted by molar-refractivity contribution is 7.15. The molecule has 2 heterocycles. The monoisotopic (exact) mass is 293 g/mol. The van der Waals surface area contributed by atoms with Gasteiger partial charge in [-0.15, -0.1) is 0 Å². The summed E-state index contributed by atoms with van der Waals surface area (Å²) < 4.78 is 37.6. The van der Waals surface area contributed by atoms with E-state index in [0.29, 0.717) is 11.2 Å². The third-order valence-corrected chi connectivity index (χ3v) is 4.64. The lowest BCUT2D eigenvalue weighted by molar-refractivity contribution is -0.134. The number of likely N-dealkylation sites (N-methyl/N-ethyl adjacent to an activating group) is 1. The van der Waals surface area contributed by atoms with Crippen molar-refractivity contribution < 1.29 is 13.2 Å². The molecule has 7 heteroatoms. The Morgan fingerprint density at radius 2 is 2.11 bits per heavy atom. The van der Waals surface area contributed by atoms with Gasteiger partial charge in [0.2, 0.25) is 0 Å². The van der Waals surface area contributed by atoms with Gasteiger partial charge in [-0.1, -0.05) is 25.2 Å². The summed E-state index contributed by atoms with van der Waals surface area (Å²) in [7, 11) is 0. The lowest BCUT2D eigenvalue weighted by Gasteiger charge is -2.25. The topological polar surface area (TPSA) is 19.4 Å². The normalized spacial score (nSPS) is 20.5. The molecule has 19 heavy (non-hydrogen) atoms. The minimum Gasteiger partial charge on any atom is -0.346 e. The van der Waals surface area contributed by atoms with Gasteiger partial charge in [0.15, 0.2) is 5.13 Å². The third kappa shape index (κ3) is 3.20. The Hall–Kier alpha value is -0.820. The van der Waals surface area contributed by atoms with Gasteiger partial charge in [0.1, 0.15) is 4.88 Å². The lowest BCUT2D eigenvalue weighted by Crippen LogP contribution is -2.37. The number of hydrogen-bond acceptors (Lipinski definition) is 4. The number of thiazole rings is 1. The van der Waals surface area contributed by atoms with Crippen molar-refractivity contribution >= 4 is 16.5 Å². The van der Waals surface area contributed by atoms with Crippen LogP contribution in [0.1, 0.15) is 25.1 Å². The maximum absolute atomic E-state index is 12.5. The van der Waals surface area contributed by atoms with Crippen LogP contribution in [0.25, 0.3) is 0 Å². The van der Waals surface area contributed by atoms with Crippen molar-refractivity contribution in [1.82, 2.24) is 9.88 Å². The molecule has 1 fully saturated rings. The molecule has 1 saturated heterocycles. The molecule has 1 atom stereocenters. The van der Waals surface area contributed by atoms with E-state index >= 15 is 0 Å². The molecular formula is C12H18F3N3S. The molecule has 0 spiro atoms. The van der Waals surface area contributed by atoms with Crippen LogP contribution in [0.5, 0.6) is 0 Å². The molecule has 1 unspecified atom stereocenters. The quantitative estimate of drug-likeness (QED) is 0.850. The van der Waals surface area contributed by atoms with Crippen LogP contribution in [-0.2, 0) is 6.18 Å². The Kier molecular flexibility index (Phi) is 4.35. The zero-order valence-electron chi connectivity index (χ0n) is 11.1. The zero-order chi connectivity index (χ0) is 14.0. The standard InChI is InChI=1S/C12H18F3N3S/c1-3-17(4-2)9-5-6-18(8-9)11-16-7-10(19-11)12(13,14)15/h7,9H,3-6,8H2,1-2H3. The molecule has 0 aromatic carbocycles. The van der Waals surface area contributed by atoms with Gasteiger partial charge in [0.05, 0.1) is 6.20 Å². The molecule has 0 saturated carbocycles. The summed E-state index contributed by atoms with van der Waals surface area (Å²) in [6.07, 6.45) is -2.36. The smallest absolute Gasteiger partial charge is 0.346 e. The molecule has 0 bridgehead atoms. The first-order valence-corrected chi connectivity index (χ1v) is 7.29. The van der Waals surface area contributed by atoms with Crippen molar-refractivity contribution in [3.63, 3.8) is 0 Å². The van der Waals surface area contributed by atoms with E-state index < -0.39 is 11.1 Å². The van der Waals surface area contributed by atoms with Crippen LogP contribution in [0.3, 0.4) is 0 Å². The summed E-state index contributed by atoms with van der Waals surface area (Å²) in [6, 6.07) is 0.424. The number of halogens is 3. The Labute approximate surface area is 115 Å². The van der Waals surface area contributed by atoms with Crippen molar-refractivity contribution in [2.24, 2.45) is 0 Å². The molecule has 108 valence electrons. The predicted octanol–water partition coefficient (Wildman–Crippen LogP) is 3.08. The average molecular weight is 293 g/mol. The average Bonchev–Trinajstić information content (AvgIpc) is 2.97. The van der Waals surface area contributed by atoms with Gasteiger partial charge >= 0.3 is 6.18 Å². The van der Waals surface area contributed by atoms with Crippen molar-refractivity contribution in [1.29, 1.82) is 0 Å². The number of alkyl halides is 3. The number of aromatic nitrogens is 1. The molecule has 3 nitrogen and oxygen atoms in total. The van der Waals surface area contributed by atoms with Crippen LogP contribution in [0.4, 0.5) is 18.3 Å². The van der Waals surface area contributed by atoms with E-state index in [1.807, 2.05) is 4.90 Å². The van der Waals surface area contributed by atoms with Crippen LogP contribution in [-0.4, -0.2) is 42.1 Å². The van der Waals surface area contributed by atoms with Crippen molar-refractivity contribution in [3.05, 3.63) is 11.1 Å². The Balaban J connectivity index is 2.03. The zero-order valence-corrected chi connectivity index (χ0v) is 11.9. The van der Waals surface area contributed by atoms with Gasteiger partial charge in [-0.2, -0.15) is 13.2 Å². The van der Waals surface area contributed by atoms with Crippen LogP contribution in [0, 0.1) is 0 Å². The highest BCUT2D eigenvalue weighted by atomic mass is 32.1. The molecule has 1 aliphatic rings. The van der Waals surface area contributed by atoms with Gasteiger partial charge in [0.25, 0.3) is 0 Å². The second kappa shape index (κ2) is 5.66. The van der Waals surface area contributed by atoms with Crippen molar-refractivity contribution in [2.45, 2.75) is 32.5 Å². The minimum absolute atomic E-state index is 0.424. The summed E-state index contributed by atoms with van der Waals surface area (Å²) >= 11 is 0.737. The fourth-order valence-electron chi connectivity index (χ4n) is 2.50. The Morgan fingerprint density at radius 1 is 1.42 bits per heavy atom. The number of hydrogen-bond donors (Lipinski definition) is 0. The number of nitrogens with zero attached hydrogens (tertiary/aromatic N) is 3. The number of anilines is 1. The SMILES string of the molecule is CCN(CC)C1CCN(c2ncc(C(F)(F)F)s2)C1. The maximum Gasteiger partial charge on any atom is 0.427 e. The Morgan fingerprint density at radius 3 is 2.63 bits per heavy atom. The van der Waals surface area contributed by atoms with Gasteiger partial charge in [-0.3, -0.25) is 4.90 Å². The van der Waals surface area contributed by atoms with Gasteiger partial charge < -0.3 is 4.90 Å². The van der Waals surface area contributed by atoms with Crippen molar-refractivity contribution in [2.75, 3.05) is 31.1 Å². The number of rotatable bonds is 4. The summed E-state index contributed by atoms with van der Waals surface area (Å²) in [5, 5.41) is 0.488. The van der Waals surface area contributed by atoms with E-state index in [1.54, 1.807) is 0 Å². The first-order valence-electron chi connectivity index (χ1n) is 6.47. The first-order chi connectivity index (χ1) is 8.95. The molecule has 2 rings (SSSR count). The minimum atomic E-state index is -4.28. The molecule has 0 aliphatic carbocycles. The molecule has 1 aromatic rings. The summed E-state index contributed by atoms with van der Waals surface area (Å²) in [4.78, 5) is 7.61. The summed E-state index contributed by atoms with van der Waals surface area (Å²) in [5.41, 5.74) is 0. The van der Waals surface area contributed by atoms with Gasteiger partial charge in [-0.25, -0.2) is 4.98 Å². The van der Waals surface area contributed by atoms with E-state index in [0.717, 1.165) is 50.1 Å². The van der Waals surface area contributed by atoms with E-state index in [2.05, 4.69) is 23.7 Å². The molecule has 0 radical (unpaired) electrons. The highest BCUT2D eigenvalue weighted by Gasteiger charge is 2.35. The molecule has 1 aromatic heterocycles. The van der Waals surface area contributed by atoms with E-state index in [1.165, 1.54) is 0 Å². The fraction of sp³-hybridized carbons (Fsp3) is 0.750. The Bertz CT molecular complexity index is 415.